The maximum Gasteiger partial charge on any atom is 0.216 e. The fourth-order valence-corrected chi connectivity index (χ4v) is 7.34. The molecule has 0 aromatic carbocycles. The molecule has 2 aliphatic rings. The summed E-state index contributed by atoms with van der Waals surface area (Å²) in [5.41, 5.74) is 2.50. The number of anilines is 1. The Bertz CT molecular complexity index is 1310. The van der Waals surface area contributed by atoms with E-state index in [2.05, 4.69) is 51.0 Å². The van der Waals surface area contributed by atoms with Crippen LogP contribution >= 0.6 is 22.7 Å². The highest BCUT2D eigenvalue weighted by Crippen LogP contribution is 2.45. The number of ether oxygens (including phenoxy) is 1. The molecule has 3 atom stereocenters. The Morgan fingerprint density at radius 1 is 0.941 bits per heavy atom. The molecule has 34 heavy (non-hydrogen) atoms. The molecule has 0 amide bonds. The molecule has 6 heterocycles. The number of thiazole rings is 2. The summed E-state index contributed by atoms with van der Waals surface area (Å²) in [5, 5.41) is 5.73. The number of hydrogen-bond acceptors (Lipinski definition) is 11. The Hall–Kier alpha value is -2.76. The molecule has 4 aromatic rings. The van der Waals surface area contributed by atoms with Crippen molar-refractivity contribution in [3.05, 3.63) is 24.8 Å². The predicted molar refractivity (Wildman–Crippen MR) is 135 cm³/mol. The Kier molecular flexibility index (Phi) is 5.05. The molecule has 0 saturated carbocycles. The van der Waals surface area contributed by atoms with Gasteiger partial charge in [-0.05, 0) is 39.5 Å². The highest BCUT2D eigenvalue weighted by atomic mass is 32.1. The van der Waals surface area contributed by atoms with Crippen LogP contribution in [0.5, 0.6) is 5.88 Å². The van der Waals surface area contributed by atoms with Crippen molar-refractivity contribution < 1.29 is 4.74 Å². The summed E-state index contributed by atoms with van der Waals surface area (Å²) in [4.78, 5) is 31.4. The van der Waals surface area contributed by atoms with E-state index in [1.807, 2.05) is 0 Å². The summed E-state index contributed by atoms with van der Waals surface area (Å²) in [6.45, 7) is 4.72. The molecule has 0 radical (unpaired) electrons. The van der Waals surface area contributed by atoms with Crippen LogP contribution in [0.4, 0.5) is 5.13 Å². The van der Waals surface area contributed by atoms with Gasteiger partial charge in [0.25, 0.3) is 0 Å². The summed E-state index contributed by atoms with van der Waals surface area (Å²) in [6, 6.07) is 2.22. The lowest BCUT2D eigenvalue weighted by atomic mass is 9.84. The quantitative estimate of drug-likeness (QED) is 0.438. The zero-order chi connectivity index (χ0) is 23.5. The Morgan fingerprint density at radius 3 is 2.32 bits per heavy atom. The normalized spacial score (nSPS) is 26.2. The van der Waals surface area contributed by atoms with Gasteiger partial charge in [0.15, 0.2) is 14.8 Å². The third-order valence-corrected chi connectivity index (χ3v) is 9.14. The number of fused-ring (bicyclic) bond motifs is 3. The Balaban J connectivity index is 1.22. The summed E-state index contributed by atoms with van der Waals surface area (Å²) in [5.74, 6) is 0.489. The fourth-order valence-electron chi connectivity index (χ4n) is 5.31. The molecule has 2 aliphatic heterocycles. The van der Waals surface area contributed by atoms with E-state index >= 15 is 0 Å². The minimum Gasteiger partial charge on any atom is -0.481 e. The third kappa shape index (κ3) is 3.81. The van der Waals surface area contributed by atoms with Gasteiger partial charge in [-0.3, -0.25) is 4.98 Å². The SMILES string of the molecule is COc1cc(-c2cnc(-c3nc4sc(N(C)C5C[C@]6(C)CC[C@](C)(C5)N6)nc4s3)cn2)ncn1. The average molecular weight is 495 g/mol. The number of rotatable bonds is 5. The van der Waals surface area contributed by atoms with Crippen molar-refractivity contribution in [3.8, 4) is 28.0 Å². The summed E-state index contributed by atoms with van der Waals surface area (Å²) < 4.78 is 5.16. The lowest BCUT2D eigenvalue weighted by molar-refractivity contribution is 0.208. The van der Waals surface area contributed by atoms with Gasteiger partial charge in [-0.2, -0.15) is 0 Å². The molecule has 9 nitrogen and oxygen atoms in total. The van der Waals surface area contributed by atoms with Crippen LogP contribution in [-0.2, 0) is 0 Å². The van der Waals surface area contributed by atoms with Crippen LogP contribution in [0.1, 0.15) is 39.5 Å². The van der Waals surface area contributed by atoms with Gasteiger partial charge in [0.05, 0.1) is 25.2 Å². The summed E-state index contributed by atoms with van der Waals surface area (Å²) in [7, 11) is 3.75. The van der Waals surface area contributed by atoms with Gasteiger partial charge in [0, 0.05) is 30.2 Å². The molecule has 6 rings (SSSR count). The van der Waals surface area contributed by atoms with E-state index in [1.165, 1.54) is 19.2 Å². The van der Waals surface area contributed by atoms with E-state index in [0.29, 0.717) is 23.3 Å². The Labute approximate surface area is 205 Å². The van der Waals surface area contributed by atoms with E-state index in [1.54, 1.807) is 48.2 Å². The molecule has 11 heteroatoms. The molecule has 2 fully saturated rings. The van der Waals surface area contributed by atoms with Crippen molar-refractivity contribution >= 4 is 37.5 Å². The second-order valence-corrected chi connectivity index (χ2v) is 11.7. The first-order chi connectivity index (χ1) is 16.3. The molecule has 176 valence electrons. The van der Waals surface area contributed by atoms with E-state index in [0.717, 1.165) is 38.3 Å². The lowest BCUT2D eigenvalue weighted by Gasteiger charge is -2.45. The second kappa shape index (κ2) is 7.89. The largest absolute Gasteiger partial charge is 0.481 e. The van der Waals surface area contributed by atoms with Crippen LogP contribution in [0.2, 0.25) is 0 Å². The molecular formula is C23H26N8OS2. The second-order valence-electron chi connectivity index (χ2n) is 9.78. The third-order valence-electron chi connectivity index (χ3n) is 7.00. The first-order valence-corrected chi connectivity index (χ1v) is 12.9. The zero-order valence-electron chi connectivity index (χ0n) is 19.6. The summed E-state index contributed by atoms with van der Waals surface area (Å²) in [6.07, 6.45) is 9.66. The van der Waals surface area contributed by atoms with E-state index in [4.69, 9.17) is 14.7 Å². The van der Waals surface area contributed by atoms with Gasteiger partial charge < -0.3 is 15.0 Å². The zero-order valence-corrected chi connectivity index (χ0v) is 21.2. The maximum atomic E-state index is 5.16. The number of aromatic nitrogens is 6. The highest BCUT2D eigenvalue weighted by Gasteiger charge is 2.49. The molecule has 0 spiro atoms. The van der Waals surface area contributed by atoms with Crippen molar-refractivity contribution in [3.63, 3.8) is 0 Å². The first-order valence-electron chi connectivity index (χ1n) is 11.3. The van der Waals surface area contributed by atoms with Gasteiger partial charge in [-0.25, -0.2) is 24.9 Å². The van der Waals surface area contributed by atoms with Crippen molar-refractivity contribution in [2.45, 2.75) is 56.7 Å². The van der Waals surface area contributed by atoms with Crippen molar-refractivity contribution in [2.75, 3.05) is 19.1 Å². The van der Waals surface area contributed by atoms with Crippen LogP contribution in [0.25, 0.3) is 31.8 Å². The number of hydrogen-bond donors (Lipinski definition) is 1. The number of nitrogens with one attached hydrogen (secondary N) is 1. The predicted octanol–water partition coefficient (Wildman–Crippen LogP) is 4.17. The topological polar surface area (TPSA) is 102 Å². The van der Waals surface area contributed by atoms with Gasteiger partial charge in [-0.15, -0.1) is 0 Å². The van der Waals surface area contributed by atoms with Crippen LogP contribution in [0, 0.1) is 0 Å². The van der Waals surface area contributed by atoms with Gasteiger partial charge in [0.1, 0.15) is 22.7 Å². The standard InChI is InChI=1S/C23H26N8OS2/c1-22-5-6-23(2,30-22)9-13(8-22)31(3)21-29-20-19(34-21)28-18(33-20)16-11-24-15(10-25-16)14-7-17(32-4)27-12-26-14/h7,10-13,30H,5-6,8-9H2,1-4H3/t13?,22-,23+. The van der Waals surface area contributed by atoms with Crippen LogP contribution in [0.15, 0.2) is 24.8 Å². The lowest BCUT2D eigenvalue weighted by Crippen LogP contribution is -2.58. The monoisotopic (exact) mass is 494 g/mol. The molecular weight excluding hydrogens is 468 g/mol. The van der Waals surface area contributed by atoms with Crippen molar-refractivity contribution in [2.24, 2.45) is 0 Å². The molecule has 2 saturated heterocycles. The number of nitrogens with zero attached hydrogens (tertiary/aromatic N) is 7. The number of methoxy groups -OCH3 is 1. The van der Waals surface area contributed by atoms with Crippen molar-refractivity contribution in [1.29, 1.82) is 0 Å². The molecule has 0 aliphatic carbocycles. The molecule has 2 bridgehead atoms. The van der Waals surface area contributed by atoms with Crippen LogP contribution in [-0.4, -0.2) is 61.2 Å². The van der Waals surface area contributed by atoms with Crippen molar-refractivity contribution in [1.82, 2.24) is 35.2 Å². The van der Waals surface area contributed by atoms with Crippen LogP contribution < -0.4 is 15.0 Å². The molecule has 1 unspecified atom stereocenters. The highest BCUT2D eigenvalue weighted by molar-refractivity contribution is 7.29. The van der Waals surface area contributed by atoms with E-state index < -0.39 is 0 Å². The average Bonchev–Trinajstić information content (AvgIpc) is 3.48. The molecule has 1 N–H and O–H groups in total. The molecule has 4 aromatic heterocycles. The smallest absolute Gasteiger partial charge is 0.216 e. The Morgan fingerprint density at radius 2 is 1.65 bits per heavy atom. The van der Waals surface area contributed by atoms with Gasteiger partial charge in [0.2, 0.25) is 5.88 Å². The van der Waals surface area contributed by atoms with E-state index in [-0.39, 0.29) is 11.1 Å². The van der Waals surface area contributed by atoms with E-state index in [9.17, 15) is 0 Å². The van der Waals surface area contributed by atoms with Gasteiger partial charge in [-0.1, -0.05) is 22.7 Å². The number of piperidine rings is 1. The summed E-state index contributed by atoms with van der Waals surface area (Å²) >= 11 is 3.21. The minimum atomic E-state index is 0.230. The van der Waals surface area contributed by atoms with Gasteiger partial charge >= 0.3 is 0 Å². The first kappa shape index (κ1) is 21.8. The fraction of sp³-hybridized carbons (Fsp3) is 0.478. The minimum absolute atomic E-state index is 0.230. The van der Waals surface area contributed by atoms with Crippen LogP contribution in [0.3, 0.4) is 0 Å². The maximum absolute atomic E-state index is 5.16.